The topological polar surface area (TPSA) is 122 Å². The molecule has 0 aliphatic heterocycles. The average Bonchev–Trinajstić information content (AvgIpc) is 2.69. The number of anilines is 4. The van der Waals surface area contributed by atoms with Crippen LogP contribution in [-0.4, -0.2) is 21.7 Å². The van der Waals surface area contributed by atoms with E-state index in [1.807, 2.05) is 0 Å². The van der Waals surface area contributed by atoms with Crippen molar-refractivity contribution in [3.63, 3.8) is 0 Å². The van der Waals surface area contributed by atoms with Crippen molar-refractivity contribution in [2.75, 3.05) is 16.5 Å². The standard InChI is InChI=1S/C19H17FN6O2/c1-11(27)12-5-4-6-13(9-12)24-17-16(21)18(23-10-22-17)25-26-19(28)14-7-2-3-8-15(14)20/h2-10H,21H2,1H3,(H,26,28)(H2,22,23,24,25). The van der Waals surface area contributed by atoms with Crippen molar-refractivity contribution in [3.05, 3.63) is 71.8 Å². The Bertz CT molecular complexity index is 1040. The van der Waals surface area contributed by atoms with Crippen LogP contribution < -0.4 is 21.9 Å². The number of nitrogen functional groups attached to an aromatic ring is 1. The zero-order valence-electron chi connectivity index (χ0n) is 14.9. The summed E-state index contributed by atoms with van der Waals surface area (Å²) in [5.41, 5.74) is 12.1. The SMILES string of the molecule is CC(=O)c1cccc(Nc2ncnc(NNC(=O)c3ccccc3F)c2N)c1. The third-order valence-corrected chi connectivity index (χ3v) is 3.83. The summed E-state index contributed by atoms with van der Waals surface area (Å²) in [5, 5.41) is 3.00. The molecule has 0 bridgehead atoms. The molecule has 0 spiro atoms. The molecule has 3 aromatic rings. The maximum atomic E-state index is 13.7. The number of nitrogens with zero attached hydrogens (tertiary/aromatic N) is 2. The number of Topliss-reactive ketones (excluding diaryl/α,β-unsaturated/α-hetero) is 1. The second kappa shape index (κ2) is 8.12. The Hall–Kier alpha value is -4.01. The van der Waals surface area contributed by atoms with Gasteiger partial charge in [-0.2, -0.15) is 0 Å². The molecule has 0 aliphatic rings. The van der Waals surface area contributed by atoms with Crippen molar-refractivity contribution in [2.24, 2.45) is 0 Å². The number of nitrogens with one attached hydrogen (secondary N) is 3. The smallest absolute Gasteiger partial charge is 0.272 e. The molecule has 8 nitrogen and oxygen atoms in total. The maximum Gasteiger partial charge on any atom is 0.272 e. The van der Waals surface area contributed by atoms with E-state index in [4.69, 9.17) is 5.73 Å². The van der Waals surface area contributed by atoms with Crippen molar-refractivity contribution >= 4 is 34.7 Å². The van der Waals surface area contributed by atoms with Crippen LogP contribution in [0.3, 0.4) is 0 Å². The van der Waals surface area contributed by atoms with Gasteiger partial charge in [-0.1, -0.05) is 24.3 Å². The number of carbonyl (C=O) groups excluding carboxylic acids is 2. The first-order valence-electron chi connectivity index (χ1n) is 8.25. The number of nitrogens with two attached hydrogens (primary N) is 1. The first-order chi connectivity index (χ1) is 13.5. The van der Waals surface area contributed by atoms with Gasteiger partial charge in [0, 0.05) is 11.3 Å². The average molecular weight is 380 g/mol. The first-order valence-corrected chi connectivity index (χ1v) is 8.25. The molecule has 9 heteroatoms. The lowest BCUT2D eigenvalue weighted by atomic mass is 10.1. The fourth-order valence-electron chi connectivity index (χ4n) is 2.38. The van der Waals surface area contributed by atoms with Crippen molar-refractivity contribution in [3.8, 4) is 0 Å². The van der Waals surface area contributed by atoms with Gasteiger partial charge in [0.25, 0.3) is 5.91 Å². The number of amides is 1. The molecular weight excluding hydrogens is 363 g/mol. The molecule has 1 amide bonds. The molecule has 142 valence electrons. The monoisotopic (exact) mass is 380 g/mol. The van der Waals surface area contributed by atoms with E-state index >= 15 is 0 Å². The molecule has 1 heterocycles. The summed E-state index contributed by atoms with van der Waals surface area (Å²) in [7, 11) is 0. The summed E-state index contributed by atoms with van der Waals surface area (Å²) < 4.78 is 13.7. The van der Waals surface area contributed by atoms with Crippen LogP contribution in [0.2, 0.25) is 0 Å². The zero-order chi connectivity index (χ0) is 20.1. The molecule has 5 N–H and O–H groups in total. The van der Waals surface area contributed by atoms with E-state index in [0.29, 0.717) is 11.3 Å². The Morgan fingerprint density at radius 1 is 1.04 bits per heavy atom. The number of halogens is 1. The molecule has 0 atom stereocenters. The Morgan fingerprint density at radius 3 is 2.54 bits per heavy atom. The Labute approximate surface area is 160 Å². The number of aromatic nitrogens is 2. The summed E-state index contributed by atoms with van der Waals surface area (Å²) in [6.45, 7) is 1.47. The van der Waals surface area contributed by atoms with Gasteiger partial charge in [-0.15, -0.1) is 0 Å². The first kappa shape index (κ1) is 18.8. The van der Waals surface area contributed by atoms with E-state index in [0.717, 1.165) is 0 Å². The van der Waals surface area contributed by atoms with E-state index in [2.05, 4.69) is 26.1 Å². The summed E-state index contributed by atoms with van der Waals surface area (Å²) in [6, 6.07) is 12.4. The lowest BCUT2D eigenvalue weighted by molar-refractivity contribution is 0.0957. The minimum Gasteiger partial charge on any atom is -0.393 e. The van der Waals surface area contributed by atoms with Crippen LogP contribution in [0, 0.1) is 5.82 Å². The van der Waals surface area contributed by atoms with Gasteiger partial charge in [0.05, 0.1) is 5.56 Å². The quantitative estimate of drug-likeness (QED) is 0.383. The number of ketones is 1. The minimum absolute atomic E-state index is 0.0717. The Morgan fingerprint density at radius 2 is 1.79 bits per heavy atom. The van der Waals surface area contributed by atoms with Crippen LogP contribution in [-0.2, 0) is 0 Å². The van der Waals surface area contributed by atoms with Gasteiger partial charge < -0.3 is 11.1 Å². The molecule has 2 aromatic carbocycles. The number of rotatable bonds is 6. The van der Waals surface area contributed by atoms with Gasteiger partial charge in [-0.25, -0.2) is 14.4 Å². The van der Waals surface area contributed by atoms with Gasteiger partial charge in [-0.05, 0) is 31.2 Å². The lowest BCUT2D eigenvalue weighted by Gasteiger charge is -2.13. The van der Waals surface area contributed by atoms with Crippen LogP contribution >= 0.6 is 0 Å². The van der Waals surface area contributed by atoms with Crippen molar-refractivity contribution < 1.29 is 14.0 Å². The van der Waals surface area contributed by atoms with Crippen LogP contribution in [0.1, 0.15) is 27.6 Å². The van der Waals surface area contributed by atoms with Crippen molar-refractivity contribution in [2.45, 2.75) is 6.92 Å². The van der Waals surface area contributed by atoms with E-state index in [1.165, 1.54) is 31.5 Å². The van der Waals surface area contributed by atoms with E-state index in [-0.39, 0.29) is 28.7 Å². The molecule has 0 saturated carbocycles. The molecule has 0 unspecified atom stereocenters. The summed E-state index contributed by atoms with van der Waals surface area (Å²) in [6.07, 6.45) is 1.24. The van der Waals surface area contributed by atoms with Crippen molar-refractivity contribution in [1.29, 1.82) is 0 Å². The predicted molar refractivity (Wildman–Crippen MR) is 104 cm³/mol. The number of carbonyl (C=O) groups is 2. The Balaban J connectivity index is 1.74. The van der Waals surface area contributed by atoms with Gasteiger partial charge in [0.1, 0.15) is 17.8 Å². The van der Waals surface area contributed by atoms with E-state index in [9.17, 15) is 14.0 Å². The van der Waals surface area contributed by atoms with E-state index < -0.39 is 11.7 Å². The second-order valence-corrected chi connectivity index (χ2v) is 5.81. The number of benzene rings is 2. The third kappa shape index (κ3) is 4.21. The van der Waals surface area contributed by atoms with Gasteiger partial charge >= 0.3 is 0 Å². The van der Waals surface area contributed by atoms with Crippen molar-refractivity contribution in [1.82, 2.24) is 15.4 Å². The number of hydrogen-bond donors (Lipinski definition) is 4. The highest BCUT2D eigenvalue weighted by Gasteiger charge is 2.13. The molecule has 0 radical (unpaired) electrons. The maximum absolute atomic E-state index is 13.7. The molecular formula is C19H17FN6O2. The molecule has 0 saturated heterocycles. The highest BCUT2D eigenvalue weighted by molar-refractivity contribution is 5.96. The van der Waals surface area contributed by atoms with Crippen LogP contribution in [0.25, 0.3) is 0 Å². The highest BCUT2D eigenvalue weighted by Crippen LogP contribution is 2.25. The molecule has 28 heavy (non-hydrogen) atoms. The van der Waals surface area contributed by atoms with Gasteiger partial charge in [-0.3, -0.25) is 20.4 Å². The molecule has 1 aromatic heterocycles. The minimum atomic E-state index is -0.681. The fourth-order valence-corrected chi connectivity index (χ4v) is 2.38. The normalized spacial score (nSPS) is 10.2. The zero-order valence-corrected chi connectivity index (χ0v) is 14.9. The molecule has 3 rings (SSSR count). The summed E-state index contributed by atoms with van der Waals surface area (Å²) in [5.74, 6) is -0.995. The largest absolute Gasteiger partial charge is 0.393 e. The lowest BCUT2D eigenvalue weighted by Crippen LogP contribution is -2.31. The fraction of sp³-hybridized carbons (Fsp3) is 0.0526. The molecule has 0 fully saturated rings. The Kier molecular flexibility index (Phi) is 5.45. The highest BCUT2D eigenvalue weighted by atomic mass is 19.1. The predicted octanol–water partition coefficient (Wildman–Crippen LogP) is 2.90. The van der Waals surface area contributed by atoms with Crippen LogP contribution in [0.15, 0.2) is 54.9 Å². The second-order valence-electron chi connectivity index (χ2n) is 5.81. The third-order valence-electron chi connectivity index (χ3n) is 3.83. The number of hydrogen-bond acceptors (Lipinski definition) is 7. The van der Waals surface area contributed by atoms with E-state index in [1.54, 1.807) is 30.3 Å². The van der Waals surface area contributed by atoms with Gasteiger partial charge in [0.15, 0.2) is 17.4 Å². The van der Waals surface area contributed by atoms with Crippen LogP contribution in [0.5, 0.6) is 0 Å². The summed E-state index contributed by atoms with van der Waals surface area (Å²) in [4.78, 5) is 31.6. The number of hydrazine groups is 1. The van der Waals surface area contributed by atoms with Gasteiger partial charge in [0.2, 0.25) is 0 Å². The summed E-state index contributed by atoms with van der Waals surface area (Å²) >= 11 is 0. The van der Waals surface area contributed by atoms with Crippen LogP contribution in [0.4, 0.5) is 27.4 Å². The molecule has 0 aliphatic carbocycles.